The van der Waals surface area contributed by atoms with Gasteiger partial charge in [0.1, 0.15) is 5.60 Å². The van der Waals surface area contributed by atoms with E-state index in [0.29, 0.717) is 4.90 Å². The molecule has 0 radical (unpaired) electrons. The summed E-state index contributed by atoms with van der Waals surface area (Å²) in [5.41, 5.74) is -1.45. The van der Waals surface area contributed by atoms with Crippen LogP contribution in [0.1, 0.15) is 48.5 Å². The second kappa shape index (κ2) is 6.37. The zero-order chi connectivity index (χ0) is 16.3. The monoisotopic (exact) mass is 287 g/mol. The maximum absolute atomic E-state index is 12.0. The minimum atomic E-state index is -1.74. The first-order valence-electron chi connectivity index (χ1n) is 6.32. The van der Waals surface area contributed by atoms with Crippen molar-refractivity contribution in [3.63, 3.8) is 0 Å². The third-order valence-electron chi connectivity index (χ3n) is 1.85. The Morgan fingerprint density at radius 2 is 1.55 bits per heavy atom. The Bertz CT molecular complexity index is 389. The van der Waals surface area contributed by atoms with Crippen LogP contribution in [-0.4, -0.2) is 39.6 Å². The van der Waals surface area contributed by atoms with E-state index < -0.39 is 29.6 Å². The van der Waals surface area contributed by atoms with E-state index in [1.807, 2.05) is 0 Å². The van der Waals surface area contributed by atoms with Crippen molar-refractivity contribution in [3.05, 3.63) is 12.2 Å². The number of aliphatic hydroxyl groups excluding tert-OH is 1. The molecule has 6 heteroatoms. The molecule has 0 saturated heterocycles. The Morgan fingerprint density at radius 1 is 1.10 bits per heavy atom. The van der Waals surface area contributed by atoms with Crippen LogP contribution >= 0.6 is 0 Å². The minimum Gasteiger partial charge on any atom is -0.443 e. The van der Waals surface area contributed by atoms with Crippen molar-refractivity contribution in [1.82, 2.24) is 4.90 Å². The lowest BCUT2D eigenvalue weighted by molar-refractivity contribution is -0.226. The molecule has 2 amide bonds. The summed E-state index contributed by atoms with van der Waals surface area (Å²) in [5, 5.41) is 9.97. The highest BCUT2D eigenvalue weighted by Crippen LogP contribution is 2.17. The SMILES string of the molecule is C=C(C)C(=O)N(C(=O)OC(C)(C)C)C(O)OC(C)(C)C. The fourth-order valence-corrected chi connectivity index (χ4v) is 1.16. The molecule has 0 heterocycles. The second-order valence-corrected chi connectivity index (χ2v) is 6.49. The molecule has 1 atom stereocenters. The molecule has 6 nitrogen and oxygen atoms in total. The molecule has 0 fully saturated rings. The quantitative estimate of drug-likeness (QED) is 0.637. The van der Waals surface area contributed by atoms with Crippen LogP contribution in [0, 0.1) is 0 Å². The van der Waals surface area contributed by atoms with E-state index in [2.05, 4.69) is 6.58 Å². The molecule has 0 aromatic rings. The number of ether oxygens (including phenoxy) is 2. The van der Waals surface area contributed by atoms with Gasteiger partial charge in [0.15, 0.2) is 0 Å². The number of hydrogen-bond acceptors (Lipinski definition) is 5. The topological polar surface area (TPSA) is 76.1 Å². The lowest BCUT2D eigenvalue weighted by Crippen LogP contribution is -2.50. The molecule has 0 bridgehead atoms. The van der Waals surface area contributed by atoms with Gasteiger partial charge in [0.25, 0.3) is 5.91 Å². The summed E-state index contributed by atoms with van der Waals surface area (Å²) in [5.74, 6) is -0.754. The van der Waals surface area contributed by atoms with Gasteiger partial charge in [0.2, 0.25) is 6.41 Å². The summed E-state index contributed by atoms with van der Waals surface area (Å²) >= 11 is 0. The standard InChI is InChI=1S/C14H25NO5/c1-9(2)10(16)15(11(17)19-13(3,4)5)12(18)20-14(6,7)8/h11,17H,1H2,2-8H3. The molecule has 116 valence electrons. The molecule has 0 aliphatic carbocycles. The zero-order valence-electron chi connectivity index (χ0n) is 13.3. The van der Waals surface area contributed by atoms with Crippen molar-refractivity contribution in [3.8, 4) is 0 Å². The summed E-state index contributed by atoms with van der Waals surface area (Å²) in [6.45, 7) is 14.9. The van der Waals surface area contributed by atoms with Crippen LogP contribution in [0.2, 0.25) is 0 Å². The van der Waals surface area contributed by atoms with Crippen LogP contribution in [0.5, 0.6) is 0 Å². The molecular formula is C14H25NO5. The van der Waals surface area contributed by atoms with Gasteiger partial charge in [-0.25, -0.2) is 4.79 Å². The van der Waals surface area contributed by atoms with Crippen LogP contribution in [0.3, 0.4) is 0 Å². The van der Waals surface area contributed by atoms with Gasteiger partial charge in [-0.05, 0) is 48.5 Å². The summed E-state index contributed by atoms with van der Waals surface area (Å²) in [6.07, 6.45) is -2.73. The molecule has 1 unspecified atom stereocenters. The number of aliphatic hydroxyl groups is 1. The maximum Gasteiger partial charge on any atom is 0.421 e. The summed E-state index contributed by atoms with van der Waals surface area (Å²) < 4.78 is 10.3. The Kier molecular flexibility index (Phi) is 5.92. The summed E-state index contributed by atoms with van der Waals surface area (Å²) in [4.78, 5) is 24.5. The predicted molar refractivity (Wildman–Crippen MR) is 74.7 cm³/mol. The van der Waals surface area contributed by atoms with E-state index in [9.17, 15) is 14.7 Å². The van der Waals surface area contributed by atoms with Gasteiger partial charge in [-0.1, -0.05) is 6.58 Å². The molecule has 0 rings (SSSR count). The normalized spacial score (nSPS) is 13.6. The summed E-state index contributed by atoms with van der Waals surface area (Å²) in [7, 11) is 0. The first kappa shape index (κ1) is 18.6. The average Bonchev–Trinajstić information content (AvgIpc) is 2.10. The number of imide groups is 1. The third-order valence-corrected chi connectivity index (χ3v) is 1.85. The molecule has 0 aliphatic rings. The molecule has 0 saturated carbocycles. The van der Waals surface area contributed by atoms with Crippen molar-refractivity contribution in [2.45, 2.75) is 66.1 Å². The number of rotatable bonds is 3. The lowest BCUT2D eigenvalue weighted by atomic mass is 10.2. The number of hydrogen-bond donors (Lipinski definition) is 1. The van der Waals surface area contributed by atoms with Gasteiger partial charge >= 0.3 is 6.09 Å². The van der Waals surface area contributed by atoms with E-state index in [0.717, 1.165) is 0 Å². The van der Waals surface area contributed by atoms with Crippen LogP contribution < -0.4 is 0 Å². The number of nitrogens with zero attached hydrogens (tertiary/aromatic N) is 1. The van der Waals surface area contributed by atoms with Crippen molar-refractivity contribution in [1.29, 1.82) is 0 Å². The first-order valence-corrected chi connectivity index (χ1v) is 6.32. The van der Waals surface area contributed by atoms with Crippen LogP contribution in [0.25, 0.3) is 0 Å². The molecular weight excluding hydrogens is 262 g/mol. The fraction of sp³-hybridized carbons (Fsp3) is 0.714. The highest BCUT2D eigenvalue weighted by Gasteiger charge is 2.35. The van der Waals surface area contributed by atoms with Gasteiger partial charge in [-0.3, -0.25) is 4.79 Å². The predicted octanol–water partition coefficient (Wildman–Crippen LogP) is 2.42. The van der Waals surface area contributed by atoms with Gasteiger partial charge in [0.05, 0.1) is 5.60 Å². The average molecular weight is 287 g/mol. The van der Waals surface area contributed by atoms with E-state index >= 15 is 0 Å². The van der Waals surface area contributed by atoms with E-state index in [1.165, 1.54) is 6.92 Å². The van der Waals surface area contributed by atoms with E-state index in [-0.39, 0.29) is 5.57 Å². The summed E-state index contributed by atoms with van der Waals surface area (Å²) in [6, 6.07) is 0. The Labute approximate surface area is 120 Å². The smallest absolute Gasteiger partial charge is 0.421 e. The second-order valence-electron chi connectivity index (χ2n) is 6.49. The van der Waals surface area contributed by atoms with Gasteiger partial charge in [-0.2, -0.15) is 4.90 Å². The highest BCUT2D eigenvalue weighted by atomic mass is 16.7. The fourth-order valence-electron chi connectivity index (χ4n) is 1.16. The van der Waals surface area contributed by atoms with Crippen LogP contribution in [-0.2, 0) is 14.3 Å². The van der Waals surface area contributed by atoms with Crippen molar-refractivity contribution < 1.29 is 24.2 Å². The maximum atomic E-state index is 12.0. The minimum absolute atomic E-state index is 0.0902. The van der Waals surface area contributed by atoms with Crippen molar-refractivity contribution in [2.24, 2.45) is 0 Å². The van der Waals surface area contributed by atoms with E-state index in [4.69, 9.17) is 9.47 Å². The van der Waals surface area contributed by atoms with Crippen molar-refractivity contribution in [2.75, 3.05) is 0 Å². The lowest BCUT2D eigenvalue weighted by Gasteiger charge is -2.32. The molecule has 0 aliphatic heterocycles. The molecule has 0 aromatic carbocycles. The van der Waals surface area contributed by atoms with Crippen LogP contribution in [0.4, 0.5) is 4.79 Å². The molecule has 1 N–H and O–H groups in total. The van der Waals surface area contributed by atoms with E-state index in [1.54, 1.807) is 41.5 Å². The highest BCUT2D eigenvalue weighted by molar-refractivity contribution is 6.01. The zero-order valence-corrected chi connectivity index (χ0v) is 13.3. The van der Waals surface area contributed by atoms with Crippen LogP contribution in [0.15, 0.2) is 12.2 Å². The molecule has 0 aromatic heterocycles. The molecule has 20 heavy (non-hydrogen) atoms. The Balaban J connectivity index is 5.24. The third kappa shape index (κ3) is 6.68. The van der Waals surface area contributed by atoms with Gasteiger partial charge < -0.3 is 14.6 Å². The van der Waals surface area contributed by atoms with Crippen molar-refractivity contribution >= 4 is 12.0 Å². The number of amides is 2. The molecule has 0 spiro atoms. The van der Waals surface area contributed by atoms with Gasteiger partial charge in [-0.15, -0.1) is 0 Å². The first-order chi connectivity index (χ1) is 8.74. The Morgan fingerprint density at radius 3 is 1.85 bits per heavy atom. The Hall–Kier alpha value is -1.40. The largest absolute Gasteiger partial charge is 0.443 e. The van der Waals surface area contributed by atoms with Gasteiger partial charge in [0, 0.05) is 5.57 Å². The number of carbonyl (C=O) groups excluding carboxylic acids is 2. The number of carbonyl (C=O) groups is 2.